The third kappa shape index (κ3) is 2.02. The smallest absolute Gasteiger partial charge is 0.324 e. The molecule has 2 fully saturated rings. The van der Waals surface area contributed by atoms with Gasteiger partial charge in [0.15, 0.2) is 4.90 Å². The molecule has 2 rings (SSSR count). The molecule has 0 aromatic heterocycles. The van der Waals surface area contributed by atoms with Crippen molar-refractivity contribution in [1.29, 1.82) is 0 Å². The molecular formula is C9H19NO6P2. The van der Waals surface area contributed by atoms with Crippen LogP contribution in [-0.4, -0.2) is 36.6 Å². The van der Waals surface area contributed by atoms with Crippen LogP contribution in [0, 0.1) is 5.92 Å². The van der Waals surface area contributed by atoms with Gasteiger partial charge in [-0.15, -0.1) is 0 Å². The van der Waals surface area contributed by atoms with Crippen molar-refractivity contribution in [2.45, 2.75) is 49.6 Å². The Labute approximate surface area is 105 Å². The molecule has 5 N–H and O–H groups in total. The molecule has 1 aliphatic carbocycles. The van der Waals surface area contributed by atoms with E-state index in [-0.39, 0.29) is 18.5 Å². The molecule has 3 unspecified atom stereocenters. The number of hydrogen-bond donors (Lipinski definition) is 5. The van der Waals surface area contributed by atoms with E-state index in [4.69, 9.17) is 0 Å². The largest absolute Gasteiger partial charge is 0.344 e. The maximum absolute atomic E-state index is 11.7. The van der Waals surface area contributed by atoms with Gasteiger partial charge in [0.25, 0.3) is 0 Å². The molecule has 7 nitrogen and oxygen atoms in total. The van der Waals surface area contributed by atoms with Gasteiger partial charge in [0, 0.05) is 18.0 Å². The van der Waals surface area contributed by atoms with Crippen molar-refractivity contribution in [2.24, 2.45) is 5.92 Å². The van der Waals surface area contributed by atoms with Crippen LogP contribution in [0.5, 0.6) is 0 Å². The summed E-state index contributed by atoms with van der Waals surface area (Å²) in [4.78, 5) is 35.8. The highest BCUT2D eigenvalue weighted by molar-refractivity contribution is 7.72. The minimum atomic E-state index is -4.88. The molecule has 3 atom stereocenters. The molecule has 1 aliphatic heterocycles. The van der Waals surface area contributed by atoms with Gasteiger partial charge in [-0.2, -0.15) is 0 Å². The van der Waals surface area contributed by atoms with E-state index < -0.39 is 26.0 Å². The second-order valence-electron chi connectivity index (χ2n) is 5.36. The van der Waals surface area contributed by atoms with Crippen LogP contribution in [0.25, 0.3) is 0 Å². The van der Waals surface area contributed by atoms with Crippen LogP contribution in [0.4, 0.5) is 0 Å². The normalized spacial score (nSPS) is 36.4. The summed E-state index contributed by atoms with van der Waals surface area (Å²) in [5.41, 5.74) is 0. The van der Waals surface area contributed by atoms with E-state index in [1.54, 1.807) is 0 Å². The van der Waals surface area contributed by atoms with E-state index in [0.717, 1.165) is 0 Å². The fourth-order valence-corrected chi connectivity index (χ4v) is 7.16. The third-order valence-electron chi connectivity index (χ3n) is 4.32. The molecule has 2 aliphatic rings. The van der Waals surface area contributed by atoms with Gasteiger partial charge in [-0.25, -0.2) is 0 Å². The van der Waals surface area contributed by atoms with Crippen molar-refractivity contribution in [3.8, 4) is 0 Å². The van der Waals surface area contributed by atoms with Crippen molar-refractivity contribution in [2.75, 3.05) is 0 Å². The maximum atomic E-state index is 11.7. The Kier molecular flexibility index (Phi) is 3.57. The predicted octanol–water partition coefficient (Wildman–Crippen LogP) is 0.589. The van der Waals surface area contributed by atoms with Gasteiger partial charge in [-0.1, -0.05) is 0 Å². The Morgan fingerprint density at radius 3 is 2.11 bits per heavy atom. The molecular weight excluding hydrogens is 280 g/mol. The average molecular weight is 299 g/mol. The number of rotatable bonds is 2. The van der Waals surface area contributed by atoms with Crippen LogP contribution in [0.2, 0.25) is 0 Å². The van der Waals surface area contributed by atoms with Crippen molar-refractivity contribution >= 4 is 15.2 Å². The second kappa shape index (κ2) is 4.38. The number of hydrogen-bond acceptors (Lipinski definition) is 3. The van der Waals surface area contributed by atoms with Crippen molar-refractivity contribution in [3.05, 3.63) is 0 Å². The molecule has 18 heavy (non-hydrogen) atoms. The highest BCUT2D eigenvalue weighted by atomic mass is 31.2. The quantitative estimate of drug-likeness (QED) is 0.472. The summed E-state index contributed by atoms with van der Waals surface area (Å²) in [6.07, 6.45) is 1.37. The lowest BCUT2D eigenvalue weighted by atomic mass is 9.90. The van der Waals surface area contributed by atoms with Gasteiger partial charge < -0.3 is 24.9 Å². The SMILES string of the molecule is CC1CCC2C(CCC2(P(=O)(O)O)P(=O)(O)O)N1. The first-order chi connectivity index (χ1) is 8.09. The summed E-state index contributed by atoms with van der Waals surface area (Å²) < 4.78 is 23.4. The molecule has 0 aromatic rings. The van der Waals surface area contributed by atoms with Gasteiger partial charge in [0.2, 0.25) is 0 Å². The Hall–Kier alpha value is 0.260. The molecule has 0 spiro atoms. The molecule has 1 saturated heterocycles. The highest BCUT2D eigenvalue weighted by Gasteiger charge is 2.69. The molecule has 0 bridgehead atoms. The Morgan fingerprint density at radius 2 is 1.61 bits per heavy atom. The Morgan fingerprint density at radius 1 is 1.06 bits per heavy atom. The number of fused-ring (bicyclic) bond motifs is 1. The lowest BCUT2D eigenvalue weighted by molar-refractivity contribution is 0.222. The van der Waals surface area contributed by atoms with Crippen molar-refractivity contribution in [1.82, 2.24) is 5.32 Å². The van der Waals surface area contributed by atoms with Crippen LogP contribution >= 0.6 is 15.2 Å². The summed E-state index contributed by atoms with van der Waals surface area (Å²) in [6.45, 7) is 1.96. The van der Waals surface area contributed by atoms with Gasteiger partial charge in [0.1, 0.15) is 0 Å². The number of piperidine rings is 1. The average Bonchev–Trinajstić information content (AvgIpc) is 2.54. The van der Waals surface area contributed by atoms with E-state index in [1.165, 1.54) is 0 Å². The number of nitrogens with one attached hydrogen (secondary N) is 1. The van der Waals surface area contributed by atoms with Crippen LogP contribution in [0.1, 0.15) is 32.6 Å². The summed E-state index contributed by atoms with van der Waals surface area (Å²) in [5, 5.41) is 3.19. The van der Waals surface area contributed by atoms with Crippen molar-refractivity contribution in [3.63, 3.8) is 0 Å². The Bertz CT molecular complexity index is 407. The van der Waals surface area contributed by atoms with Crippen LogP contribution in [0.15, 0.2) is 0 Å². The summed E-state index contributed by atoms with van der Waals surface area (Å²) in [7, 11) is -9.76. The molecule has 1 heterocycles. The molecule has 9 heteroatoms. The predicted molar refractivity (Wildman–Crippen MR) is 65.2 cm³/mol. The lowest BCUT2D eigenvalue weighted by Crippen LogP contribution is -2.49. The second-order valence-corrected chi connectivity index (χ2v) is 9.49. The molecule has 0 amide bonds. The molecule has 1 saturated carbocycles. The van der Waals surface area contributed by atoms with E-state index in [1.807, 2.05) is 6.92 Å². The third-order valence-corrected chi connectivity index (χ3v) is 9.01. The standard InChI is InChI=1S/C9H19NO6P2/c1-6-2-3-7-8(10-6)4-5-9(7,17(11,12)13)18(14,15)16/h6-8,10H,2-5H2,1H3,(H2,11,12,13)(H2,14,15,16). The maximum Gasteiger partial charge on any atom is 0.344 e. The minimum Gasteiger partial charge on any atom is -0.324 e. The van der Waals surface area contributed by atoms with E-state index in [9.17, 15) is 28.7 Å². The van der Waals surface area contributed by atoms with Gasteiger partial charge in [0.05, 0.1) is 0 Å². The van der Waals surface area contributed by atoms with Crippen LogP contribution < -0.4 is 5.32 Å². The molecule has 0 radical (unpaired) electrons. The van der Waals surface area contributed by atoms with Gasteiger partial charge >= 0.3 is 15.2 Å². The van der Waals surface area contributed by atoms with Crippen LogP contribution in [0.3, 0.4) is 0 Å². The first-order valence-corrected chi connectivity index (χ1v) is 9.19. The fraction of sp³-hybridized carbons (Fsp3) is 1.00. The fourth-order valence-electron chi connectivity index (χ4n) is 3.48. The minimum absolute atomic E-state index is 0.128. The summed E-state index contributed by atoms with van der Waals surface area (Å²) >= 11 is 0. The zero-order chi connectivity index (χ0) is 13.8. The summed E-state index contributed by atoms with van der Waals surface area (Å²) in [6, 6.07) is 0.00425. The highest BCUT2D eigenvalue weighted by Crippen LogP contribution is 2.77. The van der Waals surface area contributed by atoms with E-state index in [2.05, 4.69) is 5.32 Å². The van der Waals surface area contributed by atoms with E-state index in [0.29, 0.717) is 19.3 Å². The van der Waals surface area contributed by atoms with Gasteiger partial charge in [-0.05, 0) is 32.6 Å². The zero-order valence-corrected chi connectivity index (χ0v) is 11.8. The summed E-state index contributed by atoms with van der Waals surface area (Å²) in [5.74, 6) is -0.657. The van der Waals surface area contributed by atoms with Gasteiger partial charge in [-0.3, -0.25) is 9.13 Å². The Balaban J connectivity index is 2.45. The van der Waals surface area contributed by atoms with E-state index >= 15 is 0 Å². The molecule has 106 valence electrons. The topological polar surface area (TPSA) is 127 Å². The first kappa shape index (κ1) is 14.7. The van der Waals surface area contributed by atoms with Crippen LogP contribution in [-0.2, 0) is 9.13 Å². The zero-order valence-electron chi connectivity index (χ0n) is 10.1. The monoisotopic (exact) mass is 299 g/mol. The lowest BCUT2D eigenvalue weighted by Gasteiger charge is -2.41. The van der Waals surface area contributed by atoms with Crippen molar-refractivity contribution < 1.29 is 28.7 Å². The molecule has 0 aromatic carbocycles. The first-order valence-electron chi connectivity index (χ1n) is 5.97.